The Hall–Kier alpha value is -4.52. The van der Waals surface area contributed by atoms with Gasteiger partial charge in [0, 0.05) is 32.6 Å². The van der Waals surface area contributed by atoms with E-state index in [4.69, 9.17) is 33.0 Å². The number of halogens is 1. The fourth-order valence-electron chi connectivity index (χ4n) is 7.20. The van der Waals surface area contributed by atoms with E-state index in [0.717, 1.165) is 28.2 Å². The molecule has 16 heteroatoms. The summed E-state index contributed by atoms with van der Waals surface area (Å²) in [4.78, 5) is 20.2. The van der Waals surface area contributed by atoms with Gasteiger partial charge in [-0.1, -0.05) is 54.6 Å². The van der Waals surface area contributed by atoms with Crippen molar-refractivity contribution < 1.29 is 28.0 Å². The molecule has 1 saturated heterocycles. The van der Waals surface area contributed by atoms with Crippen molar-refractivity contribution >= 4 is 47.8 Å². The molecular formula is C43H52BrN8O6P. The standard InChI is InChI=1S/C43H52BrN8O6P/c1-29(2)52(30(3)4)59(56-24-12-23-45)58-36-25-38(51-41-39(49-42(51)44)40(46-27-47-41)48-28-50(5)6)57-37(36)26-55-43(31-13-10-9-11-14-31,32-15-19-34(53-7)20-16-32)33-17-21-35(54-8)22-18-33/h9-11,13-22,27-30,36-38H,12,24-26H2,1-8H3. The molecule has 1 aliphatic heterocycles. The largest absolute Gasteiger partial charge is 0.497 e. The van der Waals surface area contributed by atoms with Crippen molar-refractivity contribution in [2.45, 2.75) is 76.7 Å². The molecule has 0 aliphatic carbocycles. The summed E-state index contributed by atoms with van der Waals surface area (Å²) in [6.45, 7) is 8.80. The van der Waals surface area contributed by atoms with Crippen LogP contribution in [0, 0.1) is 11.3 Å². The van der Waals surface area contributed by atoms with Gasteiger partial charge in [0.05, 0.1) is 52.4 Å². The van der Waals surface area contributed by atoms with Crippen molar-refractivity contribution in [3.8, 4) is 17.6 Å². The summed E-state index contributed by atoms with van der Waals surface area (Å²) in [5.74, 6) is 1.88. The first-order valence-corrected chi connectivity index (χ1v) is 21.4. The highest BCUT2D eigenvalue weighted by atomic mass is 79.9. The molecule has 4 atom stereocenters. The van der Waals surface area contributed by atoms with Crippen molar-refractivity contribution in [2.24, 2.45) is 4.99 Å². The van der Waals surface area contributed by atoms with Gasteiger partial charge in [-0.05, 0) is 84.6 Å². The van der Waals surface area contributed by atoms with Gasteiger partial charge in [0.2, 0.25) is 0 Å². The van der Waals surface area contributed by atoms with Gasteiger partial charge in [-0.2, -0.15) is 5.26 Å². The maximum Gasteiger partial charge on any atom is 0.259 e. The molecule has 59 heavy (non-hydrogen) atoms. The first kappa shape index (κ1) is 44.0. The minimum atomic E-state index is -1.64. The van der Waals surface area contributed by atoms with Gasteiger partial charge in [-0.3, -0.25) is 4.57 Å². The molecule has 0 radical (unpaired) electrons. The molecule has 1 fully saturated rings. The van der Waals surface area contributed by atoms with E-state index in [2.05, 4.69) is 81.5 Å². The summed E-state index contributed by atoms with van der Waals surface area (Å²) in [5.41, 5.74) is 2.67. The first-order chi connectivity index (χ1) is 28.5. The average Bonchev–Trinajstić information content (AvgIpc) is 3.79. The minimum Gasteiger partial charge on any atom is -0.497 e. The van der Waals surface area contributed by atoms with Crippen molar-refractivity contribution in [3.05, 3.63) is 107 Å². The Morgan fingerprint density at radius 2 is 1.56 bits per heavy atom. The van der Waals surface area contributed by atoms with Gasteiger partial charge in [-0.25, -0.2) is 24.6 Å². The predicted molar refractivity (Wildman–Crippen MR) is 232 cm³/mol. The number of benzene rings is 3. The third-order valence-corrected chi connectivity index (χ3v) is 12.5. The van der Waals surface area contributed by atoms with Crippen LogP contribution in [0.4, 0.5) is 5.82 Å². The summed E-state index contributed by atoms with van der Waals surface area (Å²) < 4.78 is 43.7. The second-order valence-electron chi connectivity index (χ2n) is 14.7. The molecule has 0 N–H and O–H groups in total. The fraction of sp³-hybridized carbons (Fsp3) is 0.419. The fourth-order valence-corrected chi connectivity index (χ4v) is 9.53. The number of nitriles is 1. The SMILES string of the molecule is COc1ccc(C(OCC2OC(n3c(Br)nc4c(N=CN(C)C)ncnc43)CC2OP(OCCC#N)N(C(C)C)C(C)C)(c2ccccc2)c2ccc(OC)cc2)cc1. The normalized spacial score (nSPS) is 17.6. The lowest BCUT2D eigenvalue weighted by Crippen LogP contribution is -2.39. The summed E-state index contributed by atoms with van der Waals surface area (Å²) >= 11 is 3.70. The van der Waals surface area contributed by atoms with Crippen molar-refractivity contribution in [3.63, 3.8) is 0 Å². The van der Waals surface area contributed by atoms with Gasteiger partial charge >= 0.3 is 0 Å². The zero-order valence-electron chi connectivity index (χ0n) is 34.7. The molecule has 0 bridgehead atoms. The summed E-state index contributed by atoms with van der Waals surface area (Å²) in [6, 6.07) is 28.4. The summed E-state index contributed by atoms with van der Waals surface area (Å²) in [5, 5.41) is 9.42. The Bertz CT molecular complexity index is 2130. The third-order valence-electron chi connectivity index (χ3n) is 9.82. The van der Waals surface area contributed by atoms with E-state index in [1.807, 2.05) is 90.3 Å². The molecule has 3 aromatic carbocycles. The topological polar surface area (TPSA) is 142 Å². The quantitative estimate of drug-likeness (QED) is 0.0195. The zero-order valence-corrected chi connectivity index (χ0v) is 37.2. The number of aromatic nitrogens is 4. The number of nitrogens with zero attached hydrogens (tertiary/aromatic N) is 8. The van der Waals surface area contributed by atoms with Crippen LogP contribution in [0.3, 0.4) is 0 Å². The lowest BCUT2D eigenvalue weighted by Gasteiger charge is -2.39. The molecule has 0 spiro atoms. The van der Waals surface area contributed by atoms with E-state index in [0.29, 0.717) is 28.1 Å². The third kappa shape index (κ3) is 9.93. The summed E-state index contributed by atoms with van der Waals surface area (Å²) in [7, 11) is 5.44. The Morgan fingerprint density at radius 3 is 2.12 bits per heavy atom. The number of fused-ring (bicyclic) bond motifs is 1. The molecule has 0 saturated carbocycles. The van der Waals surface area contributed by atoms with Crippen LogP contribution in [-0.4, -0.2) is 101 Å². The Kier molecular flexibility index (Phi) is 15.0. The number of aliphatic imine (C=N–C) groups is 1. The van der Waals surface area contributed by atoms with Crippen LogP contribution in [-0.2, 0) is 24.1 Å². The van der Waals surface area contributed by atoms with E-state index < -0.39 is 32.6 Å². The van der Waals surface area contributed by atoms with Gasteiger partial charge in [-0.15, -0.1) is 0 Å². The van der Waals surface area contributed by atoms with Crippen molar-refractivity contribution in [2.75, 3.05) is 41.5 Å². The van der Waals surface area contributed by atoms with E-state index in [1.54, 1.807) is 20.6 Å². The van der Waals surface area contributed by atoms with Crippen LogP contribution >= 0.6 is 24.5 Å². The molecule has 5 aromatic rings. The molecule has 6 rings (SSSR count). The van der Waals surface area contributed by atoms with E-state index in [-0.39, 0.29) is 31.7 Å². The van der Waals surface area contributed by atoms with Crippen LogP contribution in [0.5, 0.6) is 11.5 Å². The van der Waals surface area contributed by atoms with Crippen LogP contribution in [0.15, 0.2) is 94.9 Å². The number of rotatable bonds is 19. The highest BCUT2D eigenvalue weighted by Crippen LogP contribution is 2.51. The van der Waals surface area contributed by atoms with Crippen LogP contribution in [0.25, 0.3) is 11.2 Å². The van der Waals surface area contributed by atoms with Crippen LogP contribution in [0.1, 0.15) is 63.5 Å². The predicted octanol–water partition coefficient (Wildman–Crippen LogP) is 8.78. The molecule has 3 heterocycles. The van der Waals surface area contributed by atoms with Crippen molar-refractivity contribution in [1.29, 1.82) is 5.26 Å². The zero-order chi connectivity index (χ0) is 42.1. The number of hydrogen-bond acceptors (Lipinski definition) is 12. The van der Waals surface area contributed by atoms with E-state index >= 15 is 0 Å². The molecule has 14 nitrogen and oxygen atoms in total. The lowest BCUT2D eigenvalue weighted by atomic mass is 9.80. The second-order valence-corrected chi connectivity index (χ2v) is 16.8. The second kappa shape index (κ2) is 20.2. The molecule has 1 aliphatic rings. The maximum atomic E-state index is 9.42. The van der Waals surface area contributed by atoms with Crippen LogP contribution < -0.4 is 9.47 Å². The van der Waals surface area contributed by atoms with E-state index in [9.17, 15) is 5.26 Å². The first-order valence-electron chi connectivity index (χ1n) is 19.5. The van der Waals surface area contributed by atoms with Gasteiger partial charge < -0.3 is 32.9 Å². The van der Waals surface area contributed by atoms with Gasteiger partial charge in [0.15, 0.2) is 21.7 Å². The molecule has 312 valence electrons. The smallest absolute Gasteiger partial charge is 0.259 e. The Morgan fingerprint density at radius 1 is 0.949 bits per heavy atom. The van der Waals surface area contributed by atoms with Crippen molar-refractivity contribution in [1.82, 2.24) is 29.1 Å². The monoisotopic (exact) mass is 886 g/mol. The molecule has 4 unspecified atom stereocenters. The lowest BCUT2D eigenvalue weighted by molar-refractivity contribution is -0.0915. The number of ether oxygens (including phenoxy) is 4. The van der Waals surface area contributed by atoms with Crippen LogP contribution in [0.2, 0.25) is 0 Å². The molecule has 0 amide bonds. The number of hydrogen-bond donors (Lipinski definition) is 0. The maximum absolute atomic E-state index is 9.42. The Balaban J connectivity index is 1.46. The average molecular weight is 888 g/mol. The summed E-state index contributed by atoms with van der Waals surface area (Å²) in [6.07, 6.45) is 2.08. The van der Waals surface area contributed by atoms with Gasteiger partial charge in [0.25, 0.3) is 8.53 Å². The Labute approximate surface area is 356 Å². The minimum absolute atomic E-state index is 0.0940. The molecule has 2 aromatic heterocycles. The number of imidazole rings is 1. The van der Waals surface area contributed by atoms with Gasteiger partial charge in [0.1, 0.15) is 35.8 Å². The highest BCUT2D eigenvalue weighted by Gasteiger charge is 2.45. The molecular weight excluding hydrogens is 835 g/mol. The highest BCUT2D eigenvalue weighted by molar-refractivity contribution is 9.10. The van der Waals surface area contributed by atoms with E-state index in [1.165, 1.54) is 6.33 Å². The number of methoxy groups -OCH3 is 2.